The van der Waals surface area contributed by atoms with Gasteiger partial charge in [0.1, 0.15) is 0 Å². The number of rotatable bonds is 6. The van der Waals surface area contributed by atoms with Crippen molar-refractivity contribution in [2.75, 3.05) is 0 Å². The van der Waals surface area contributed by atoms with Gasteiger partial charge in [0.25, 0.3) is 0 Å². The quantitative estimate of drug-likeness (QED) is 0.116. The molecular formula is C48H56Cl2SiZr. The molecule has 0 unspecified atom stereocenters. The van der Waals surface area contributed by atoms with Crippen molar-refractivity contribution in [3.63, 3.8) is 0 Å². The normalized spacial score (nSPS) is 14.7. The zero-order valence-corrected chi connectivity index (χ0v) is 36.8. The van der Waals surface area contributed by atoms with Crippen molar-refractivity contribution in [3.05, 3.63) is 131 Å². The van der Waals surface area contributed by atoms with Crippen molar-refractivity contribution >= 4 is 48.1 Å². The molecule has 8 rings (SSSR count). The Morgan fingerprint density at radius 3 is 1.25 bits per heavy atom. The molecule has 2 aliphatic rings. The van der Waals surface area contributed by atoms with E-state index >= 15 is 0 Å². The molecule has 0 atom stereocenters. The van der Waals surface area contributed by atoms with Gasteiger partial charge in [-0.25, -0.2) is 0 Å². The van der Waals surface area contributed by atoms with Gasteiger partial charge < -0.3 is 0 Å². The first-order valence-corrected chi connectivity index (χ1v) is 27.8. The molecule has 2 radical (unpaired) electrons. The summed E-state index contributed by atoms with van der Waals surface area (Å²) in [6.45, 7) is 8.60. The van der Waals surface area contributed by atoms with Crippen LogP contribution < -0.4 is 0 Å². The molecule has 0 aliphatic heterocycles. The van der Waals surface area contributed by atoms with Crippen LogP contribution in [0.1, 0.15) is 86.5 Å². The van der Waals surface area contributed by atoms with E-state index in [9.17, 15) is 0 Å². The Hall–Kier alpha value is -2.22. The predicted octanol–water partition coefficient (Wildman–Crippen LogP) is 15.5. The van der Waals surface area contributed by atoms with Gasteiger partial charge in [-0.05, 0) is 49.7 Å². The van der Waals surface area contributed by atoms with Crippen molar-refractivity contribution in [2.45, 2.75) is 104 Å². The molecule has 0 spiro atoms. The van der Waals surface area contributed by atoms with Crippen LogP contribution >= 0.6 is 17.0 Å². The monoisotopic (exact) mass is 820 g/mol. The second kappa shape index (κ2) is 21.6. The summed E-state index contributed by atoms with van der Waals surface area (Å²) in [6.07, 6.45) is 16.8. The van der Waals surface area contributed by atoms with Gasteiger partial charge in [-0.3, -0.25) is 0 Å². The van der Waals surface area contributed by atoms with Gasteiger partial charge in [0, 0.05) is 9.52 Å². The van der Waals surface area contributed by atoms with E-state index in [1.54, 1.807) is 0 Å². The molecule has 2 aliphatic carbocycles. The molecule has 0 saturated heterocycles. The summed E-state index contributed by atoms with van der Waals surface area (Å²) in [5.41, 5.74) is 11.1. The van der Waals surface area contributed by atoms with Gasteiger partial charge in [-0.15, -0.1) is 69.1 Å². The fraction of sp³-hybridized carbons (Fsp3) is 0.375. The zero-order chi connectivity index (χ0) is 36.7. The molecule has 0 N–H and O–H groups in total. The van der Waals surface area contributed by atoms with Crippen LogP contribution in [0, 0.1) is 25.7 Å². The van der Waals surface area contributed by atoms with Gasteiger partial charge in [0.2, 0.25) is 0 Å². The van der Waals surface area contributed by atoms with Gasteiger partial charge in [-0.2, -0.15) is 12.1 Å². The Bertz CT molecular complexity index is 1760. The van der Waals surface area contributed by atoms with Crippen LogP contribution in [-0.2, 0) is 33.7 Å². The summed E-state index contributed by atoms with van der Waals surface area (Å²) in [5.74, 6) is 1.81. The maximum absolute atomic E-state index is 4.93. The molecule has 0 aromatic heterocycles. The molecule has 52 heavy (non-hydrogen) atoms. The van der Waals surface area contributed by atoms with Gasteiger partial charge in [-0.1, -0.05) is 160 Å². The summed E-state index contributed by atoms with van der Waals surface area (Å²) in [4.78, 5) is 0. The molecule has 6 aromatic rings. The number of hydrogen-bond donors (Lipinski definition) is 0. The van der Waals surface area contributed by atoms with Crippen molar-refractivity contribution < 1.29 is 20.8 Å². The average Bonchev–Trinajstić information content (AvgIpc) is 3.77. The molecule has 270 valence electrons. The van der Waals surface area contributed by atoms with E-state index < -0.39 is 20.8 Å². The molecule has 0 bridgehead atoms. The second-order valence-corrected chi connectivity index (χ2v) is 19.8. The number of fused-ring (bicyclic) bond motifs is 2. The number of benzene rings is 4. The van der Waals surface area contributed by atoms with Crippen LogP contribution in [0.15, 0.2) is 109 Å². The molecule has 2 saturated carbocycles. The Kier molecular flexibility index (Phi) is 17.0. The third-order valence-corrected chi connectivity index (χ3v) is 10.8. The van der Waals surface area contributed by atoms with E-state index in [0.717, 1.165) is 21.4 Å². The first kappa shape index (κ1) is 41.0. The minimum atomic E-state index is -0.826. The fourth-order valence-electron chi connectivity index (χ4n) is 8.25. The summed E-state index contributed by atoms with van der Waals surface area (Å²) < 4.78 is 0. The Balaban J connectivity index is 0.000000175. The number of aryl methyl sites for hydroxylation is 2. The Morgan fingerprint density at radius 1 is 0.558 bits per heavy atom. The summed E-state index contributed by atoms with van der Waals surface area (Å²) in [7, 11) is 11.0. The molecular weight excluding hydrogens is 767 g/mol. The van der Waals surface area contributed by atoms with Crippen LogP contribution in [0.25, 0.3) is 43.8 Å². The van der Waals surface area contributed by atoms with Crippen LogP contribution in [0.4, 0.5) is 0 Å². The van der Waals surface area contributed by atoms with Gasteiger partial charge in [0.15, 0.2) is 0 Å². The maximum atomic E-state index is 4.93. The molecule has 6 aromatic carbocycles. The molecule has 0 amide bonds. The third kappa shape index (κ3) is 11.9. The second-order valence-electron chi connectivity index (χ2n) is 15.1. The molecule has 2 fully saturated rings. The van der Waals surface area contributed by atoms with E-state index in [-0.39, 0.29) is 0 Å². The van der Waals surface area contributed by atoms with E-state index in [2.05, 4.69) is 136 Å². The standard InChI is InChI=1S/2C23H25.C2H6Si.2ClH.Zr/c2*1-17-10-12-20(13-11-17)22-9-5-8-21-15-19(16-23(21)22)14-18-6-3-2-4-7-18;1-3-2;;;/h2*5,8-13,15-16,18H,2-4,6-7,14H2,1H3;1-2H3;2*1H;/q2*-1;;;;+4/p-2. The van der Waals surface area contributed by atoms with E-state index in [4.69, 9.17) is 17.0 Å². The minimum absolute atomic E-state index is 0.826. The topological polar surface area (TPSA) is 0 Å². The number of hydrogen-bond acceptors (Lipinski definition) is 0. The van der Waals surface area contributed by atoms with Crippen LogP contribution in [0.3, 0.4) is 0 Å². The van der Waals surface area contributed by atoms with Gasteiger partial charge >= 0.3 is 37.9 Å². The molecule has 0 heterocycles. The van der Waals surface area contributed by atoms with E-state index in [1.807, 2.05) is 0 Å². The molecule has 0 nitrogen and oxygen atoms in total. The molecule has 4 heteroatoms. The fourth-order valence-corrected chi connectivity index (χ4v) is 8.25. The van der Waals surface area contributed by atoms with Crippen LogP contribution in [0.5, 0.6) is 0 Å². The summed E-state index contributed by atoms with van der Waals surface area (Å²) in [6, 6.07) is 41.0. The average molecular weight is 823 g/mol. The first-order chi connectivity index (χ1) is 25.4. The van der Waals surface area contributed by atoms with Gasteiger partial charge in [0.05, 0.1) is 0 Å². The SMILES string of the molecule is C[Si]C.Cc1ccc(-c2cccc3[cH-]c(CC4CCCCC4)cc23)cc1.Cc1ccc(-c2cccc3[cH-]c(CC4CCCCC4)cc23)cc1.[Cl][Zr+2][Cl]. The van der Waals surface area contributed by atoms with E-state index in [0.29, 0.717) is 0 Å². The van der Waals surface area contributed by atoms with Crippen molar-refractivity contribution in [3.8, 4) is 22.3 Å². The van der Waals surface area contributed by atoms with Crippen molar-refractivity contribution in [1.82, 2.24) is 0 Å². The summed E-state index contributed by atoms with van der Waals surface area (Å²) in [5, 5.41) is 5.63. The van der Waals surface area contributed by atoms with E-state index in [1.165, 1.54) is 143 Å². The Morgan fingerprint density at radius 2 is 0.904 bits per heavy atom. The predicted molar refractivity (Wildman–Crippen MR) is 229 cm³/mol. The first-order valence-electron chi connectivity index (χ1n) is 19.5. The van der Waals surface area contributed by atoms with Crippen LogP contribution in [-0.4, -0.2) is 9.52 Å². The van der Waals surface area contributed by atoms with Crippen molar-refractivity contribution in [2.24, 2.45) is 11.8 Å². The summed E-state index contributed by atoms with van der Waals surface area (Å²) >= 11 is -0.826. The Labute approximate surface area is 335 Å². The third-order valence-electron chi connectivity index (χ3n) is 10.8. The number of halogens is 2. The zero-order valence-electron chi connectivity index (χ0n) is 31.8. The van der Waals surface area contributed by atoms with Crippen LogP contribution in [0.2, 0.25) is 13.1 Å². The van der Waals surface area contributed by atoms with Crippen molar-refractivity contribution in [1.29, 1.82) is 0 Å².